The average Bonchev–Trinajstić information content (AvgIpc) is 2.95. The van der Waals surface area contributed by atoms with Crippen molar-refractivity contribution >= 4 is 17.6 Å². The number of fused-ring (bicyclic) bond motifs is 4. The van der Waals surface area contributed by atoms with Gasteiger partial charge in [-0.1, -0.05) is 30.3 Å². The van der Waals surface area contributed by atoms with Crippen LogP contribution in [0.4, 0.5) is 5.69 Å². The number of carbonyl (C=O) groups is 2. The van der Waals surface area contributed by atoms with Crippen LogP contribution in [0.5, 0.6) is 5.75 Å². The minimum absolute atomic E-state index is 0.0740. The second-order valence-electron chi connectivity index (χ2n) is 6.45. The first kappa shape index (κ1) is 13.6. The van der Waals surface area contributed by atoms with E-state index in [1.54, 1.807) is 4.90 Å². The number of benzene rings is 2. The Bertz CT molecular complexity index is 892. The molecule has 0 N–H and O–H groups in total. The van der Waals surface area contributed by atoms with Crippen LogP contribution in [-0.2, 0) is 9.53 Å². The fourth-order valence-electron chi connectivity index (χ4n) is 4.41. The van der Waals surface area contributed by atoms with Crippen LogP contribution in [0.15, 0.2) is 48.5 Å². The average molecular weight is 321 g/mol. The van der Waals surface area contributed by atoms with Gasteiger partial charge in [-0.15, -0.1) is 0 Å². The first-order valence-electron chi connectivity index (χ1n) is 7.97. The Morgan fingerprint density at radius 2 is 1.96 bits per heavy atom. The van der Waals surface area contributed by atoms with E-state index in [4.69, 9.17) is 9.47 Å². The van der Waals surface area contributed by atoms with E-state index in [1.807, 2.05) is 48.5 Å². The fraction of sp³-hybridized carbons (Fsp3) is 0.263. The lowest BCUT2D eigenvalue weighted by molar-refractivity contribution is -0.161. The van der Waals surface area contributed by atoms with Crippen molar-refractivity contribution in [1.29, 1.82) is 0 Å². The van der Waals surface area contributed by atoms with Crippen molar-refractivity contribution < 1.29 is 19.1 Å². The summed E-state index contributed by atoms with van der Waals surface area (Å²) in [6.07, 6.45) is 0.444. The Hall–Kier alpha value is -2.82. The molecule has 2 aliphatic heterocycles. The van der Waals surface area contributed by atoms with E-state index in [2.05, 4.69) is 0 Å². The molecule has 1 saturated carbocycles. The molecule has 5 nitrogen and oxygen atoms in total. The molecule has 5 rings (SSSR count). The first-order chi connectivity index (χ1) is 11.7. The Morgan fingerprint density at radius 1 is 1.21 bits per heavy atom. The van der Waals surface area contributed by atoms with Gasteiger partial charge in [0.05, 0.1) is 24.6 Å². The van der Waals surface area contributed by atoms with Crippen LogP contribution in [0.2, 0.25) is 0 Å². The van der Waals surface area contributed by atoms with Gasteiger partial charge in [0.2, 0.25) is 0 Å². The monoisotopic (exact) mass is 321 g/mol. The van der Waals surface area contributed by atoms with Crippen LogP contribution >= 0.6 is 0 Å². The molecule has 3 aliphatic rings. The van der Waals surface area contributed by atoms with Gasteiger partial charge in [0.1, 0.15) is 5.75 Å². The predicted octanol–water partition coefficient (Wildman–Crippen LogP) is 2.71. The van der Waals surface area contributed by atoms with Gasteiger partial charge in [0.25, 0.3) is 5.91 Å². The van der Waals surface area contributed by atoms with Crippen molar-refractivity contribution in [2.75, 3.05) is 12.0 Å². The van der Waals surface area contributed by atoms with E-state index in [-0.39, 0.29) is 23.7 Å². The highest BCUT2D eigenvalue weighted by atomic mass is 16.5. The second-order valence-corrected chi connectivity index (χ2v) is 6.45. The molecular formula is C19H15NO4. The van der Waals surface area contributed by atoms with Crippen molar-refractivity contribution in [1.82, 2.24) is 0 Å². The summed E-state index contributed by atoms with van der Waals surface area (Å²) in [4.78, 5) is 27.1. The van der Waals surface area contributed by atoms with Crippen LogP contribution < -0.4 is 9.64 Å². The summed E-state index contributed by atoms with van der Waals surface area (Å²) in [6.45, 7) is 0. The van der Waals surface area contributed by atoms with Gasteiger partial charge in [0.15, 0.2) is 5.72 Å². The molecule has 1 aliphatic carbocycles. The van der Waals surface area contributed by atoms with Gasteiger partial charge >= 0.3 is 5.97 Å². The van der Waals surface area contributed by atoms with E-state index in [0.29, 0.717) is 17.7 Å². The van der Waals surface area contributed by atoms with Crippen molar-refractivity contribution in [2.45, 2.75) is 18.1 Å². The lowest BCUT2D eigenvalue weighted by atomic mass is 9.59. The number of methoxy groups -OCH3 is 1. The Kier molecular flexibility index (Phi) is 2.48. The van der Waals surface area contributed by atoms with Gasteiger partial charge in [-0.25, -0.2) is 0 Å². The molecule has 3 atom stereocenters. The van der Waals surface area contributed by atoms with E-state index in [0.717, 1.165) is 11.3 Å². The van der Waals surface area contributed by atoms with Gasteiger partial charge in [-0.3, -0.25) is 14.5 Å². The number of para-hydroxylation sites is 2. The normalized spacial score (nSPS) is 28.7. The minimum Gasteiger partial charge on any atom is -0.469 e. The number of carbonyl (C=O) groups excluding carboxylic acids is 2. The fourth-order valence-corrected chi connectivity index (χ4v) is 4.41. The SMILES string of the molecule is COC(=O)[C@H]1C[C@@]23Oc4ccccc4N2C(=O)c2ccccc2[C@@H]13. The van der Waals surface area contributed by atoms with Gasteiger partial charge in [-0.05, 0) is 23.8 Å². The van der Waals surface area contributed by atoms with Gasteiger partial charge < -0.3 is 9.47 Å². The summed E-state index contributed by atoms with van der Waals surface area (Å²) in [5.41, 5.74) is 1.46. The Labute approximate surface area is 138 Å². The highest BCUT2D eigenvalue weighted by molar-refractivity contribution is 6.12. The van der Waals surface area contributed by atoms with E-state index < -0.39 is 5.72 Å². The summed E-state index contributed by atoms with van der Waals surface area (Å²) in [6, 6.07) is 15.0. The molecule has 1 spiro atoms. The zero-order valence-electron chi connectivity index (χ0n) is 13.1. The van der Waals surface area contributed by atoms with Crippen molar-refractivity contribution in [3.05, 3.63) is 59.7 Å². The highest BCUT2D eigenvalue weighted by Crippen LogP contribution is 2.63. The zero-order chi connectivity index (χ0) is 16.5. The molecule has 1 amide bonds. The number of rotatable bonds is 1. The van der Waals surface area contributed by atoms with Crippen LogP contribution in [0, 0.1) is 5.92 Å². The first-order valence-corrected chi connectivity index (χ1v) is 7.97. The van der Waals surface area contributed by atoms with Crippen LogP contribution in [0.3, 0.4) is 0 Å². The molecular weight excluding hydrogens is 306 g/mol. The quantitative estimate of drug-likeness (QED) is 0.758. The maximum atomic E-state index is 13.1. The number of hydrogen-bond acceptors (Lipinski definition) is 4. The van der Waals surface area contributed by atoms with Crippen molar-refractivity contribution in [3.63, 3.8) is 0 Å². The van der Waals surface area contributed by atoms with E-state index >= 15 is 0 Å². The highest BCUT2D eigenvalue weighted by Gasteiger charge is 2.70. The van der Waals surface area contributed by atoms with Crippen LogP contribution in [0.1, 0.15) is 28.3 Å². The number of hydrogen-bond donors (Lipinski definition) is 0. The summed E-state index contributed by atoms with van der Waals surface area (Å²) < 4.78 is 11.2. The molecule has 0 aromatic heterocycles. The summed E-state index contributed by atoms with van der Waals surface area (Å²) in [7, 11) is 1.40. The molecule has 0 saturated heterocycles. The summed E-state index contributed by atoms with van der Waals surface area (Å²) in [5.74, 6) is -0.163. The zero-order valence-corrected chi connectivity index (χ0v) is 13.1. The molecule has 2 aromatic rings. The molecule has 120 valence electrons. The third-order valence-corrected chi connectivity index (χ3v) is 5.41. The number of anilines is 1. The van der Waals surface area contributed by atoms with Crippen LogP contribution in [0.25, 0.3) is 0 Å². The summed E-state index contributed by atoms with van der Waals surface area (Å²) in [5, 5.41) is 0. The lowest BCUT2D eigenvalue weighted by Gasteiger charge is -2.56. The maximum absolute atomic E-state index is 13.1. The molecule has 2 aromatic carbocycles. The van der Waals surface area contributed by atoms with Crippen LogP contribution in [-0.4, -0.2) is 24.7 Å². The molecule has 5 heteroatoms. The maximum Gasteiger partial charge on any atom is 0.309 e. The molecule has 0 unspecified atom stereocenters. The van der Waals surface area contributed by atoms with E-state index in [9.17, 15) is 9.59 Å². The molecule has 2 heterocycles. The third-order valence-electron chi connectivity index (χ3n) is 5.41. The molecule has 24 heavy (non-hydrogen) atoms. The Balaban J connectivity index is 1.73. The second kappa shape index (κ2) is 4.38. The van der Waals surface area contributed by atoms with Gasteiger partial charge in [0, 0.05) is 12.0 Å². The minimum atomic E-state index is -0.812. The topological polar surface area (TPSA) is 55.8 Å². The Morgan fingerprint density at radius 3 is 2.79 bits per heavy atom. The largest absolute Gasteiger partial charge is 0.469 e. The van der Waals surface area contributed by atoms with Crippen molar-refractivity contribution in [3.8, 4) is 5.75 Å². The molecule has 0 radical (unpaired) electrons. The number of amides is 1. The van der Waals surface area contributed by atoms with Crippen molar-refractivity contribution in [2.24, 2.45) is 5.92 Å². The number of esters is 1. The third kappa shape index (κ3) is 1.40. The van der Waals surface area contributed by atoms with Gasteiger partial charge in [-0.2, -0.15) is 0 Å². The molecule has 0 bridgehead atoms. The lowest BCUT2D eigenvalue weighted by Crippen LogP contribution is -2.69. The number of ether oxygens (including phenoxy) is 2. The smallest absolute Gasteiger partial charge is 0.309 e. The predicted molar refractivity (Wildman–Crippen MR) is 85.9 cm³/mol. The summed E-state index contributed by atoms with van der Waals surface area (Å²) >= 11 is 0. The number of nitrogens with zero attached hydrogens (tertiary/aromatic N) is 1. The van der Waals surface area contributed by atoms with E-state index in [1.165, 1.54) is 7.11 Å². The molecule has 1 fully saturated rings. The standard InChI is InChI=1S/C19H15NO4/c1-23-18(22)13-10-19-16(13)11-6-2-3-7-12(11)17(21)20(19)14-8-4-5-9-15(14)24-19/h2-9,13,16H,10H2,1H3/t13-,16-,19-/m0/s1.